The van der Waals surface area contributed by atoms with E-state index in [0.717, 1.165) is 0 Å². The van der Waals surface area contributed by atoms with Crippen molar-refractivity contribution in [2.45, 2.75) is 6.92 Å². The Labute approximate surface area is 144 Å². The van der Waals surface area contributed by atoms with Crippen LogP contribution in [-0.4, -0.2) is 27.5 Å². The first-order valence-corrected chi connectivity index (χ1v) is 7.65. The van der Waals surface area contributed by atoms with Gasteiger partial charge in [-0.2, -0.15) is 4.98 Å². The molecule has 0 aliphatic heterocycles. The smallest absolute Gasteiger partial charge is 0.345 e. The summed E-state index contributed by atoms with van der Waals surface area (Å²) in [6.45, 7) is 1.97. The number of nitrogens with zero attached hydrogens (tertiary/aromatic N) is 3. The summed E-state index contributed by atoms with van der Waals surface area (Å²) in [4.78, 5) is 24.8. The minimum absolute atomic E-state index is 0.108. The predicted molar refractivity (Wildman–Crippen MR) is 92.1 cm³/mol. The average molecular weight is 336 g/mol. The first-order chi connectivity index (χ1) is 12.2. The Morgan fingerprint density at radius 3 is 2.64 bits per heavy atom. The van der Waals surface area contributed by atoms with Crippen LogP contribution in [0.25, 0.3) is 11.4 Å². The molecule has 0 radical (unpaired) electrons. The monoisotopic (exact) mass is 336 g/mol. The van der Waals surface area contributed by atoms with Gasteiger partial charge in [-0.25, -0.2) is 9.78 Å². The molecule has 3 rings (SSSR count). The lowest BCUT2D eigenvalue weighted by Crippen LogP contribution is -2.09. The average Bonchev–Trinajstić information content (AvgIpc) is 2.64. The summed E-state index contributed by atoms with van der Waals surface area (Å²) in [5, 5.41) is 0. The largest absolute Gasteiger partial charge is 0.462 e. The minimum atomic E-state index is -0.550. The standard InChI is InChI=1S/C18H16N4O3/c1-2-24-18(23)15-11-21-16(12-4-3-9-20-10-12)22-17(15)25-14-7-5-13(19)6-8-14/h3-11H,2,19H2,1H3. The minimum Gasteiger partial charge on any atom is -0.462 e. The summed E-state index contributed by atoms with van der Waals surface area (Å²) >= 11 is 0. The van der Waals surface area contributed by atoms with Gasteiger partial charge in [0.2, 0.25) is 5.88 Å². The quantitative estimate of drug-likeness (QED) is 0.564. The molecule has 126 valence electrons. The van der Waals surface area contributed by atoms with Gasteiger partial charge in [0.25, 0.3) is 0 Å². The van der Waals surface area contributed by atoms with E-state index in [-0.39, 0.29) is 18.1 Å². The Kier molecular flexibility index (Phi) is 4.84. The van der Waals surface area contributed by atoms with Crippen LogP contribution < -0.4 is 10.5 Å². The predicted octanol–water partition coefficient (Wildman–Crippen LogP) is 3.09. The Balaban J connectivity index is 2.01. The van der Waals surface area contributed by atoms with E-state index in [1.807, 2.05) is 6.07 Å². The molecule has 0 unspecified atom stereocenters. The molecule has 3 aromatic rings. The number of pyridine rings is 1. The number of carbonyl (C=O) groups excluding carboxylic acids is 1. The third kappa shape index (κ3) is 3.89. The molecule has 7 nitrogen and oxygen atoms in total. The molecule has 0 spiro atoms. The van der Waals surface area contributed by atoms with Crippen LogP contribution in [0.2, 0.25) is 0 Å². The molecule has 0 fully saturated rings. The van der Waals surface area contributed by atoms with Crippen LogP contribution in [0.5, 0.6) is 11.6 Å². The highest BCUT2D eigenvalue weighted by Gasteiger charge is 2.18. The van der Waals surface area contributed by atoms with Crippen LogP contribution >= 0.6 is 0 Å². The van der Waals surface area contributed by atoms with E-state index in [1.54, 1.807) is 49.6 Å². The Bertz CT molecular complexity index is 867. The molecule has 0 aliphatic rings. The van der Waals surface area contributed by atoms with Gasteiger partial charge in [-0.15, -0.1) is 0 Å². The molecule has 2 N–H and O–H groups in total. The number of rotatable bonds is 5. The van der Waals surface area contributed by atoms with E-state index in [0.29, 0.717) is 22.8 Å². The van der Waals surface area contributed by atoms with E-state index in [4.69, 9.17) is 15.2 Å². The van der Waals surface area contributed by atoms with E-state index in [1.165, 1.54) is 6.20 Å². The SMILES string of the molecule is CCOC(=O)c1cnc(-c2cccnc2)nc1Oc1ccc(N)cc1. The molecule has 25 heavy (non-hydrogen) atoms. The molecular formula is C18H16N4O3. The highest BCUT2D eigenvalue weighted by Crippen LogP contribution is 2.26. The molecule has 0 bridgehead atoms. The molecule has 2 aromatic heterocycles. The van der Waals surface area contributed by atoms with Gasteiger partial charge in [-0.05, 0) is 43.3 Å². The molecule has 0 saturated carbocycles. The normalized spacial score (nSPS) is 10.3. The van der Waals surface area contributed by atoms with Crippen molar-refractivity contribution in [2.75, 3.05) is 12.3 Å². The van der Waals surface area contributed by atoms with Gasteiger partial charge in [0.1, 0.15) is 11.3 Å². The lowest BCUT2D eigenvalue weighted by Gasteiger charge is -2.11. The highest BCUT2D eigenvalue weighted by atomic mass is 16.5. The lowest BCUT2D eigenvalue weighted by molar-refractivity contribution is 0.0522. The van der Waals surface area contributed by atoms with Gasteiger partial charge in [-0.3, -0.25) is 4.98 Å². The van der Waals surface area contributed by atoms with Crippen LogP contribution in [0.1, 0.15) is 17.3 Å². The van der Waals surface area contributed by atoms with Crippen LogP contribution in [0.15, 0.2) is 55.0 Å². The Hall–Kier alpha value is -3.48. The number of hydrogen-bond acceptors (Lipinski definition) is 7. The molecular weight excluding hydrogens is 320 g/mol. The number of anilines is 1. The summed E-state index contributed by atoms with van der Waals surface area (Å²) in [5.41, 5.74) is 7.14. The van der Waals surface area contributed by atoms with E-state index in [9.17, 15) is 4.79 Å². The summed E-state index contributed by atoms with van der Waals surface area (Å²) in [6.07, 6.45) is 4.68. The molecule has 0 aliphatic carbocycles. The third-order valence-corrected chi connectivity index (χ3v) is 3.26. The second-order valence-electron chi connectivity index (χ2n) is 5.05. The van der Waals surface area contributed by atoms with Gasteiger partial charge in [-0.1, -0.05) is 0 Å². The van der Waals surface area contributed by atoms with Crippen molar-refractivity contribution < 1.29 is 14.3 Å². The van der Waals surface area contributed by atoms with Gasteiger partial charge in [0.15, 0.2) is 5.82 Å². The zero-order chi connectivity index (χ0) is 17.6. The van der Waals surface area contributed by atoms with Gasteiger partial charge in [0.05, 0.1) is 6.61 Å². The van der Waals surface area contributed by atoms with E-state index < -0.39 is 5.97 Å². The number of benzene rings is 1. The number of nitrogens with two attached hydrogens (primary N) is 1. The van der Waals surface area contributed by atoms with E-state index >= 15 is 0 Å². The summed E-state index contributed by atoms with van der Waals surface area (Å²) < 4.78 is 10.8. The third-order valence-electron chi connectivity index (χ3n) is 3.26. The second-order valence-corrected chi connectivity index (χ2v) is 5.05. The maximum atomic E-state index is 12.1. The maximum Gasteiger partial charge on any atom is 0.345 e. The molecule has 2 heterocycles. The van der Waals surface area contributed by atoms with Crippen LogP contribution in [0.3, 0.4) is 0 Å². The number of ether oxygens (including phenoxy) is 2. The van der Waals surface area contributed by atoms with Crippen molar-refractivity contribution in [3.63, 3.8) is 0 Å². The van der Waals surface area contributed by atoms with Crippen molar-refractivity contribution in [2.24, 2.45) is 0 Å². The fourth-order valence-electron chi connectivity index (χ4n) is 2.07. The number of esters is 1. The zero-order valence-electron chi connectivity index (χ0n) is 13.5. The molecule has 7 heteroatoms. The number of nitrogen functional groups attached to an aromatic ring is 1. The topological polar surface area (TPSA) is 100 Å². The second kappa shape index (κ2) is 7.39. The summed E-state index contributed by atoms with van der Waals surface area (Å²) in [5.74, 6) is 0.449. The van der Waals surface area contributed by atoms with Gasteiger partial charge < -0.3 is 15.2 Å². The van der Waals surface area contributed by atoms with Gasteiger partial charge >= 0.3 is 5.97 Å². The van der Waals surface area contributed by atoms with Crippen LogP contribution in [-0.2, 0) is 4.74 Å². The first-order valence-electron chi connectivity index (χ1n) is 7.65. The highest BCUT2D eigenvalue weighted by molar-refractivity contribution is 5.91. The lowest BCUT2D eigenvalue weighted by atomic mass is 10.2. The Morgan fingerprint density at radius 2 is 1.96 bits per heavy atom. The van der Waals surface area contributed by atoms with Gasteiger partial charge in [0, 0.05) is 29.8 Å². The molecule has 0 amide bonds. The number of carbonyl (C=O) groups is 1. The molecule has 0 saturated heterocycles. The first kappa shape index (κ1) is 16.4. The number of hydrogen-bond donors (Lipinski definition) is 1. The maximum absolute atomic E-state index is 12.1. The zero-order valence-corrected chi connectivity index (χ0v) is 13.5. The number of aromatic nitrogens is 3. The summed E-state index contributed by atoms with van der Waals surface area (Å²) in [6, 6.07) is 10.4. The molecule has 0 atom stereocenters. The summed E-state index contributed by atoms with van der Waals surface area (Å²) in [7, 11) is 0. The van der Waals surface area contributed by atoms with Crippen LogP contribution in [0, 0.1) is 0 Å². The van der Waals surface area contributed by atoms with Crippen molar-refractivity contribution in [1.29, 1.82) is 0 Å². The van der Waals surface area contributed by atoms with E-state index in [2.05, 4.69) is 15.0 Å². The van der Waals surface area contributed by atoms with Crippen molar-refractivity contribution in [1.82, 2.24) is 15.0 Å². The fourth-order valence-corrected chi connectivity index (χ4v) is 2.07. The van der Waals surface area contributed by atoms with Crippen molar-refractivity contribution in [3.05, 3.63) is 60.6 Å². The fraction of sp³-hybridized carbons (Fsp3) is 0.111. The Morgan fingerprint density at radius 1 is 1.16 bits per heavy atom. The van der Waals surface area contributed by atoms with Crippen LogP contribution in [0.4, 0.5) is 5.69 Å². The van der Waals surface area contributed by atoms with Crippen molar-refractivity contribution >= 4 is 11.7 Å². The molecule has 1 aromatic carbocycles. The van der Waals surface area contributed by atoms with Crippen molar-refractivity contribution in [3.8, 4) is 23.0 Å².